The van der Waals surface area contributed by atoms with Crippen LogP contribution in [0.3, 0.4) is 0 Å². The third-order valence-electron chi connectivity index (χ3n) is 4.44. The molecule has 0 saturated carbocycles. The number of halogens is 2. The summed E-state index contributed by atoms with van der Waals surface area (Å²) in [5.41, 5.74) is 0.178. The number of hydrogen-bond donors (Lipinski definition) is 1. The molecule has 1 aromatic rings. The van der Waals surface area contributed by atoms with E-state index < -0.39 is 11.6 Å². The lowest BCUT2D eigenvalue weighted by atomic mass is 9.97. The first-order chi connectivity index (χ1) is 10.0. The molecule has 2 unspecified atom stereocenters. The summed E-state index contributed by atoms with van der Waals surface area (Å²) in [5.74, 6) is -0.917. The molecule has 1 aliphatic rings. The highest BCUT2D eigenvalue weighted by molar-refractivity contribution is 5.21. The summed E-state index contributed by atoms with van der Waals surface area (Å²) in [6.07, 6.45) is 1.48. The highest BCUT2D eigenvalue weighted by Gasteiger charge is 2.29. The SMILES string of the molecule is CNC(Cc1c(F)cccc1F)C1CN(C)CCCN1C. The molecule has 1 N–H and O–H groups in total. The molecule has 0 bridgehead atoms. The highest BCUT2D eigenvalue weighted by Crippen LogP contribution is 2.18. The topological polar surface area (TPSA) is 18.5 Å². The molecule has 1 saturated heterocycles. The monoisotopic (exact) mass is 297 g/mol. The van der Waals surface area contributed by atoms with Crippen LogP contribution in [-0.4, -0.2) is 62.7 Å². The molecular formula is C16H25F2N3. The molecule has 21 heavy (non-hydrogen) atoms. The fraction of sp³-hybridized carbons (Fsp3) is 0.625. The number of likely N-dealkylation sites (N-methyl/N-ethyl adjacent to an activating group) is 3. The van der Waals surface area contributed by atoms with Crippen LogP contribution in [0.4, 0.5) is 8.78 Å². The van der Waals surface area contributed by atoms with Crippen molar-refractivity contribution in [1.82, 2.24) is 15.1 Å². The average molecular weight is 297 g/mol. The smallest absolute Gasteiger partial charge is 0.129 e. The van der Waals surface area contributed by atoms with Crippen molar-refractivity contribution in [3.63, 3.8) is 0 Å². The predicted molar refractivity (Wildman–Crippen MR) is 81.4 cm³/mol. The highest BCUT2D eigenvalue weighted by atomic mass is 19.1. The van der Waals surface area contributed by atoms with Gasteiger partial charge in [-0.2, -0.15) is 0 Å². The molecule has 5 heteroatoms. The van der Waals surface area contributed by atoms with Crippen molar-refractivity contribution in [2.75, 3.05) is 40.8 Å². The van der Waals surface area contributed by atoms with Crippen LogP contribution < -0.4 is 5.32 Å². The zero-order chi connectivity index (χ0) is 15.4. The van der Waals surface area contributed by atoms with Crippen LogP contribution in [0.2, 0.25) is 0 Å². The van der Waals surface area contributed by atoms with Crippen molar-refractivity contribution >= 4 is 0 Å². The lowest BCUT2D eigenvalue weighted by Gasteiger charge is -2.34. The van der Waals surface area contributed by atoms with Gasteiger partial charge in [0.25, 0.3) is 0 Å². The summed E-state index contributed by atoms with van der Waals surface area (Å²) in [4.78, 5) is 4.58. The first-order valence-corrected chi connectivity index (χ1v) is 7.52. The Bertz CT molecular complexity index is 447. The number of nitrogens with zero attached hydrogens (tertiary/aromatic N) is 2. The number of benzene rings is 1. The van der Waals surface area contributed by atoms with Gasteiger partial charge in [-0.15, -0.1) is 0 Å². The Morgan fingerprint density at radius 2 is 1.90 bits per heavy atom. The van der Waals surface area contributed by atoms with Crippen molar-refractivity contribution in [3.8, 4) is 0 Å². The molecule has 0 amide bonds. The van der Waals surface area contributed by atoms with Gasteiger partial charge in [-0.1, -0.05) is 6.07 Å². The second kappa shape index (κ2) is 7.29. The zero-order valence-corrected chi connectivity index (χ0v) is 13.1. The predicted octanol–water partition coefficient (Wildman–Crippen LogP) is 1.73. The van der Waals surface area contributed by atoms with Crippen LogP contribution >= 0.6 is 0 Å². The fourth-order valence-corrected chi connectivity index (χ4v) is 3.12. The molecule has 0 spiro atoms. The van der Waals surface area contributed by atoms with Gasteiger partial charge in [-0.25, -0.2) is 8.78 Å². The van der Waals surface area contributed by atoms with Crippen LogP contribution in [0.25, 0.3) is 0 Å². The van der Waals surface area contributed by atoms with E-state index in [0.717, 1.165) is 26.1 Å². The van der Waals surface area contributed by atoms with E-state index in [1.807, 2.05) is 7.05 Å². The number of nitrogens with one attached hydrogen (secondary N) is 1. The van der Waals surface area contributed by atoms with Gasteiger partial charge in [0.1, 0.15) is 11.6 Å². The first kappa shape index (κ1) is 16.3. The van der Waals surface area contributed by atoms with Crippen molar-refractivity contribution in [3.05, 3.63) is 35.4 Å². The minimum Gasteiger partial charge on any atom is -0.315 e. The van der Waals surface area contributed by atoms with Crippen molar-refractivity contribution in [1.29, 1.82) is 0 Å². The van der Waals surface area contributed by atoms with Gasteiger partial charge in [-0.3, -0.25) is 0 Å². The van der Waals surface area contributed by atoms with E-state index in [2.05, 4.69) is 29.2 Å². The maximum Gasteiger partial charge on any atom is 0.129 e. The van der Waals surface area contributed by atoms with Crippen LogP contribution in [0.5, 0.6) is 0 Å². The lowest BCUT2D eigenvalue weighted by Crippen LogP contribution is -2.52. The Morgan fingerprint density at radius 1 is 1.24 bits per heavy atom. The van der Waals surface area contributed by atoms with Gasteiger partial charge >= 0.3 is 0 Å². The molecule has 2 rings (SSSR count). The Balaban J connectivity index is 2.18. The van der Waals surface area contributed by atoms with Crippen LogP contribution in [-0.2, 0) is 6.42 Å². The van der Waals surface area contributed by atoms with E-state index in [1.54, 1.807) is 0 Å². The Morgan fingerprint density at radius 3 is 2.52 bits per heavy atom. The van der Waals surface area contributed by atoms with Crippen molar-refractivity contribution in [2.24, 2.45) is 0 Å². The van der Waals surface area contributed by atoms with E-state index in [4.69, 9.17) is 0 Å². The van der Waals surface area contributed by atoms with Crippen molar-refractivity contribution < 1.29 is 8.78 Å². The number of hydrogen-bond acceptors (Lipinski definition) is 3. The normalized spacial score (nSPS) is 23.0. The minimum atomic E-state index is -0.458. The minimum absolute atomic E-state index is 0.0157. The summed E-state index contributed by atoms with van der Waals surface area (Å²) in [6.45, 7) is 2.97. The fourth-order valence-electron chi connectivity index (χ4n) is 3.12. The summed E-state index contributed by atoms with van der Waals surface area (Å²) in [5, 5.41) is 3.25. The molecule has 1 fully saturated rings. The maximum atomic E-state index is 13.9. The van der Waals surface area contributed by atoms with E-state index in [9.17, 15) is 8.78 Å². The standard InChI is InChI=1S/C16H25F2N3/c1-19-15(10-12-13(17)6-4-7-14(12)18)16-11-20(2)8-5-9-21(16)3/h4,6-7,15-16,19H,5,8-11H2,1-3H3. The first-order valence-electron chi connectivity index (χ1n) is 7.52. The Hall–Kier alpha value is -1.04. The quantitative estimate of drug-likeness (QED) is 0.913. The van der Waals surface area contributed by atoms with E-state index in [0.29, 0.717) is 6.42 Å². The van der Waals surface area contributed by atoms with Gasteiger partial charge in [0.2, 0.25) is 0 Å². The maximum absolute atomic E-state index is 13.9. The van der Waals surface area contributed by atoms with Crippen LogP contribution in [0.1, 0.15) is 12.0 Å². The van der Waals surface area contributed by atoms with Gasteiger partial charge in [0, 0.05) is 24.2 Å². The second-order valence-electron chi connectivity index (χ2n) is 5.96. The molecule has 0 aromatic heterocycles. The van der Waals surface area contributed by atoms with E-state index in [-0.39, 0.29) is 17.6 Å². The lowest BCUT2D eigenvalue weighted by molar-refractivity contribution is 0.180. The molecule has 2 atom stereocenters. The molecule has 1 aliphatic heterocycles. The molecule has 0 radical (unpaired) electrons. The van der Waals surface area contributed by atoms with Crippen molar-refractivity contribution in [2.45, 2.75) is 24.9 Å². The van der Waals surface area contributed by atoms with Gasteiger partial charge in [0.05, 0.1) is 0 Å². The third-order valence-corrected chi connectivity index (χ3v) is 4.44. The second-order valence-corrected chi connectivity index (χ2v) is 5.96. The molecule has 3 nitrogen and oxygen atoms in total. The Kier molecular flexibility index (Phi) is 5.67. The molecule has 118 valence electrons. The molecule has 1 heterocycles. The summed E-state index contributed by atoms with van der Waals surface area (Å²) >= 11 is 0. The number of rotatable bonds is 4. The zero-order valence-electron chi connectivity index (χ0n) is 13.1. The molecule has 1 aromatic carbocycles. The average Bonchev–Trinajstić information content (AvgIpc) is 2.60. The largest absolute Gasteiger partial charge is 0.315 e. The van der Waals surface area contributed by atoms with Crippen LogP contribution in [0.15, 0.2) is 18.2 Å². The summed E-state index contributed by atoms with van der Waals surface area (Å²) in [6, 6.07) is 4.32. The van der Waals surface area contributed by atoms with E-state index >= 15 is 0 Å². The molecular weight excluding hydrogens is 272 g/mol. The summed E-state index contributed by atoms with van der Waals surface area (Å²) in [7, 11) is 6.05. The molecule has 0 aliphatic carbocycles. The summed E-state index contributed by atoms with van der Waals surface area (Å²) < 4.78 is 27.8. The van der Waals surface area contributed by atoms with Gasteiger partial charge in [0.15, 0.2) is 0 Å². The van der Waals surface area contributed by atoms with E-state index in [1.165, 1.54) is 18.2 Å². The Labute approximate surface area is 125 Å². The van der Waals surface area contributed by atoms with Gasteiger partial charge < -0.3 is 15.1 Å². The van der Waals surface area contributed by atoms with Crippen LogP contribution in [0, 0.1) is 11.6 Å². The third kappa shape index (κ3) is 3.99. The van der Waals surface area contributed by atoms with Gasteiger partial charge in [-0.05, 0) is 59.2 Å².